The number of anilines is 1. The number of fused-ring (bicyclic) bond motifs is 1. The highest BCUT2D eigenvalue weighted by Gasteiger charge is 2.44. The maximum absolute atomic E-state index is 12.9. The molecule has 3 aliphatic rings. The second kappa shape index (κ2) is 6.21. The van der Waals surface area contributed by atoms with Crippen LogP contribution in [0, 0.1) is 0 Å². The Kier molecular flexibility index (Phi) is 3.99. The van der Waals surface area contributed by atoms with Gasteiger partial charge < -0.3 is 10.2 Å². The molecule has 0 aromatic heterocycles. The molecule has 0 spiro atoms. The number of carbonyl (C=O) groups excluding carboxylic acids is 4. The average Bonchev–Trinajstić information content (AvgIpc) is 2.86. The summed E-state index contributed by atoms with van der Waals surface area (Å²) in [7, 11) is 0. The lowest BCUT2D eigenvalue weighted by molar-refractivity contribution is -0.136. The van der Waals surface area contributed by atoms with Crippen molar-refractivity contribution in [3.8, 4) is 0 Å². The number of amides is 4. The minimum atomic E-state index is -0.929. The van der Waals surface area contributed by atoms with E-state index in [2.05, 4.69) is 22.5 Å². The summed E-state index contributed by atoms with van der Waals surface area (Å²) in [5.74, 6) is -1.91. The van der Waals surface area contributed by atoms with E-state index >= 15 is 0 Å². The van der Waals surface area contributed by atoms with Crippen molar-refractivity contribution in [1.82, 2.24) is 15.5 Å². The lowest BCUT2D eigenvalue weighted by Gasteiger charge is -2.36. The number of carbonyl (C=O) groups is 4. The zero-order valence-electron chi connectivity index (χ0n) is 14.4. The normalized spacial score (nSPS) is 26.2. The molecule has 136 valence electrons. The number of nitrogens with one attached hydrogen (secondary N) is 2. The third-order valence-corrected chi connectivity index (χ3v) is 5.26. The second-order valence-electron chi connectivity index (χ2n) is 6.92. The topological polar surface area (TPSA) is 98.8 Å². The first-order chi connectivity index (χ1) is 12.5. The molecule has 0 saturated carbocycles. The Morgan fingerprint density at radius 1 is 1.08 bits per heavy atom. The first-order valence-electron chi connectivity index (χ1n) is 8.80. The number of rotatable bonds is 2. The van der Waals surface area contributed by atoms with Crippen LogP contribution in [0.5, 0.6) is 0 Å². The number of piperazine rings is 1. The Hall–Kier alpha value is -2.74. The fourth-order valence-electron chi connectivity index (χ4n) is 3.86. The van der Waals surface area contributed by atoms with E-state index in [0.717, 1.165) is 30.2 Å². The largest absolute Gasteiger partial charge is 0.366 e. The molecule has 8 nitrogen and oxygen atoms in total. The fourth-order valence-corrected chi connectivity index (χ4v) is 3.86. The minimum Gasteiger partial charge on any atom is -0.366 e. The van der Waals surface area contributed by atoms with Gasteiger partial charge in [-0.1, -0.05) is 0 Å². The molecule has 26 heavy (non-hydrogen) atoms. The summed E-state index contributed by atoms with van der Waals surface area (Å²) in [6.07, 6.45) is 0.283. The van der Waals surface area contributed by atoms with E-state index in [9.17, 15) is 19.2 Å². The SMILES string of the molecule is CC1CNCCN1c1ccc2c(c1)C(=O)N(C1CCC(=O)NC1=O)C2=O. The Morgan fingerprint density at radius 3 is 2.58 bits per heavy atom. The van der Waals surface area contributed by atoms with Gasteiger partial charge in [-0.2, -0.15) is 0 Å². The predicted octanol–water partition coefficient (Wildman–Crippen LogP) is -0.114. The van der Waals surface area contributed by atoms with Crippen molar-refractivity contribution in [2.24, 2.45) is 0 Å². The first-order valence-corrected chi connectivity index (χ1v) is 8.80. The zero-order chi connectivity index (χ0) is 18.4. The highest BCUT2D eigenvalue weighted by Crippen LogP contribution is 2.31. The molecule has 0 bridgehead atoms. The van der Waals surface area contributed by atoms with Gasteiger partial charge >= 0.3 is 0 Å². The lowest BCUT2D eigenvalue weighted by atomic mass is 10.0. The summed E-state index contributed by atoms with van der Waals surface area (Å²) in [6, 6.07) is 4.59. The quantitative estimate of drug-likeness (QED) is 0.717. The van der Waals surface area contributed by atoms with Crippen LogP contribution in [0.3, 0.4) is 0 Å². The molecular formula is C18H20N4O4. The van der Waals surface area contributed by atoms with E-state index in [0.29, 0.717) is 11.1 Å². The van der Waals surface area contributed by atoms with Crippen molar-refractivity contribution in [1.29, 1.82) is 0 Å². The summed E-state index contributed by atoms with van der Waals surface area (Å²) in [4.78, 5) is 52.2. The molecule has 3 heterocycles. The van der Waals surface area contributed by atoms with E-state index in [4.69, 9.17) is 0 Å². The van der Waals surface area contributed by atoms with Crippen molar-refractivity contribution in [2.45, 2.75) is 31.8 Å². The Morgan fingerprint density at radius 2 is 1.85 bits per heavy atom. The first kappa shape index (κ1) is 16.7. The summed E-state index contributed by atoms with van der Waals surface area (Å²) in [6.45, 7) is 4.63. The molecule has 4 amide bonds. The number of nitrogens with zero attached hydrogens (tertiary/aromatic N) is 2. The fraction of sp³-hybridized carbons (Fsp3) is 0.444. The molecule has 2 N–H and O–H groups in total. The van der Waals surface area contributed by atoms with E-state index in [1.165, 1.54) is 0 Å². The zero-order valence-corrected chi connectivity index (χ0v) is 14.4. The van der Waals surface area contributed by atoms with Crippen LogP contribution in [0.4, 0.5) is 5.69 Å². The van der Waals surface area contributed by atoms with E-state index in [-0.39, 0.29) is 24.8 Å². The number of hydrogen-bond donors (Lipinski definition) is 2. The van der Waals surface area contributed by atoms with Crippen LogP contribution in [-0.2, 0) is 9.59 Å². The van der Waals surface area contributed by atoms with Crippen LogP contribution in [0.1, 0.15) is 40.5 Å². The van der Waals surface area contributed by atoms with Crippen LogP contribution in [0.15, 0.2) is 18.2 Å². The molecule has 2 saturated heterocycles. The Bertz CT molecular complexity index is 821. The van der Waals surface area contributed by atoms with Crippen molar-refractivity contribution < 1.29 is 19.2 Å². The van der Waals surface area contributed by atoms with Gasteiger partial charge in [0.2, 0.25) is 11.8 Å². The second-order valence-corrected chi connectivity index (χ2v) is 6.92. The van der Waals surface area contributed by atoms with Crippen LogP contribution in [-0.4, -0.2) is 60.2 Å². The van der Waals surface area contributed by atoms with E-state index < -0.39 is 23.8 Å². The molecular weight excluding hydrogens is 336 g/mol. The molecule has 2 unspecified atom stereocenters. The van der Waals surface area contributed by atoms with Crippen molar-refractivity contribution >= 4 is 29.3 Å². The molecule has 1 aromatic carbocycles. The number of piperidine rings is 1. The average molecular weight is 356 g/mol. The van der Waals surface area contributed by atoms with Gasteiger partial charge in [0.15, 0.2) is 0 Å². The predicted molar refractivity (Wildman–Crippen MR) is 92.8 cm³/mol. The maximum atomic E-state index is 12.9. The monoisotopic (exact) mass is 356 g/mol. The van der Waals surface area contributed by atoms with Gasteiger partial charge in [-0.05, 0) is 31.5 Å². The molecule has 8 heteroatoms. The van der Waals surface area contributed by atoms with Crippen LogP contribution >= 0.6 is 0 Å². The smallest absolute Gasteiger partial charge is 0.262 e. The van der Waals surface area contributed by atoms with Crippen molar-refractivity contribution in [3.63, 3.8) is 0 Å². The van der Waals surface area contributed by atoms with Gasteiger partial charge in [0.25, 0.3) is 11.8 Å². The van der Waals surface area contributed by atoms with Crippen molar-refractivity contribution in [2.75, 3.05) is 24.5 Å². The highest BCUT2D eigenvalue weighted by molar-refractivity contribution is 6.23. The highest BCUT2D eigenvalue weighted by atomic mass is 16.2. The lowest BCUT2D eigenvalue weighted by Crippen LogP contribution is -2.54. The Labute approximate surface area is 150 Å². The number of benzene rings is 1. The minimum absolute atomic E-state index is 0.118. The standard InChI is InChI=1S/C18H20N4O4/c1-10-9-19-6-7-21(10)11-2-3-12-13(8-11)18(26)22(17(12)25)14-4-5-15(23)20-16(14)24/h2-3,8,10,14,19H,4-7,9H2,1H3,(H,20,23,24). The molecule has 0 aliphatic carbocycles. The summed E-state index contributed by atoms with van der Waals surface area (Å²) in [5, 5.41) is 5.52. The van der Waals surface area contributed by atoms with Gasteiger partial charge in [0, 0.05) is 37.8 Å². The van der Waals surface area contributed by atoms with Gasteiger partial charge in [0.1, 0.15) is 6.04 Å². The van der Waals surface area contributed by atoms with Gasteiger partial charge in [-0.3, -0.25) is 29.4 Å². The number of imide groups is 2. The summed E-state index contributed by atoms with van der Waals surface area (Å²) in [5.41, 5.74) is 1.53. The number of hydrogen-bond acceptors (Lipinski definition) is 6. The van der Waals surface area contributed by atoms with E-state index in [1.54, 1.807) is 12.1 Å². The third kappa shape index (κ3) is 2.57. The van der Waals surface area contributed by atoms with Crippen LogP contribution < -0.4 is 15.5 Å². The summed E-state index contributed by atoms with van der Waals surface area (Å²) >= 11 is 0. The molecule has 4 rings (SSSR count). The molecule has 2 fully saturated rings. The van der Waals surface area contributed by atoms with Crippen molar-refractivity contribution in [3.05, 3.63) is 29.3 Å². The summed E-state index contributed by atoms with van der Waals surface area (Å²) < 4.78 is 0. The molecule has 0 radical (unpaired) electrons. The van der Waals surface area contributed by atoms with Gasteiger partial charge in [-0.25, -0.2) is 0 Å². The molecule has 3 aliphatic heterocycles. The Balaban J connectivity index is 1.64. The third-order valence-electron chi connectivity index (χ3n) is 5.26. The maximum Gasteiger partial charge on any atom is 0.262 e. The molecule has 1 aromatic rings. The van der Waals surface area contributed by atoms with Crippen LogP contribution in [0.25, 0.3) is 0 Å². The van der Waals surface area contributed by atoms with Gasteiger partial charge in [0.05, 0.1) is 11.1 Å². The van der Waals surface area contributed by atoms with E-state index in [1.807, 2.05) is 6.07 Å². The van der Waals surface area contributed by atoms with Crippen LogP contribution in [0.2, 0.25) is 0 Å². The molecule has 2 atom stereocenters. The van der Waals surface area contributed by atoms with Gasteiger partial charge in [-0.15, -0.1) is 0 Å².